The van der Waals surface area contributed by atoms with Gasteiger partial charge in [0, 0.05) is 5.75 Å². The van der Waals surface area contributed by atoms with Crippen LogP contribution in [0.1, 0.15) is 27.7 Å². The molecule has 1 heterocycles. The van der Waals surface area contributed by atoms with Gasteiger partial charge in [-0.05, 0) is 12.3 Å². The molecule has 2 atom stereocenters. The van der Waals surface area contributed by atoms with Crippen LogP contribution in [0.25, 0.3) is 0 Å². The topological polar surface area (TPSA) is 37.4 Å². The molecule has 0 aromatic carbocycles. The molecule has 1 fully saturated rings. The number of nitrogens with zero attached hydrogens (tertiary/aromatic N) is 1. The molecule has 80 valence electrons. The SMILES string of the molecule is CC(=O)[C@H]1CSC(C(C)(C)C)N1C=O. The highest BCUT2D eigenvalue weighted by Crippen LogP contribution is 2.39. The molecule has 1 unspecified atom stereocenters. The zero-order valence-electron chi connectivity index (χ0n) is 9.11. The van der Waals surface area contributed by atoms with Gasteiger partial charge in [-0.15, -0.1) is 11.8 Å². The van der Waals surface area contributed by atoms with Crippen LogP contribution in [0.5, 0.6) is 0 Å². The molecule has 0 bridgehead atoms. The number of thioether (sulfide) groups is 1. The van der Waals surface area contributed by atoms with Crippen LogP contribution in [0.2, 0.25) is 0 Å². The number of rotatable bonds is 2. The van der Waals surface area contributed by atoms with E-state index in [0.717, 1.165) is 12.2 Å². The van der Waals surface area contributed by atoms with Crippen molar-refractivity contribution >= 4 is 24.0 Å². The second-order valence-corrected chi connectivity index (χ2v) is 5.84. The lowest BCUT2D eigenvalue weighted by Crippen LogP contribution is -2.44. The number of Topliss-reactive ketones (excluding diaryl/α,β-unsaturated/α-hetero) is 1. The summed E-state index contributed by atoms with van der Waals surface area (Å²) in [7, 11) is 0. The number of ketones is 1. The molecule has 1 rings (SSSR count). The van der Waals surface area contributed by atoms with E-state index in [1.807, 2.05) is 0 Å². The van der Waals surface area contributed by atoms with Crippen LogP contribution in [0.3, 0.4) is 0 Å². The summed E-state index contributed by atoms with van der Waals surface area (Å²) in [5.74, 6) is 0.812. The molecule has 0 spiro atoms. The molecule has 0 aromatic rings. The summed E-state index contributed by atoms with van der Waals surface area (Å²) in [5.41, 5.74) is 0.0236. The fourth-order valence-electron chi connectivity index (χ4n) is 1.67. The average molecular weight is 215 g/mol. The lowest BCUT2D eigenvalue weighted by molar-refractivity contribution is -0.130. The molecular formula is C10H17NO2S. The van der Waals surface area contributed by atoms with E-state index in [-0.39, 0.29) is 22.6 Å². The first-order valence-electron chi connectivity index (χ1n) is 4.72. The quantitative estimate of drug-likeness (QED) is 0.655. The van der Waals surface area contributed by atoms with Crippen molar-refractivity contribution in [1.82, 2.24) is 4.90 Å². The number of hydrogen-bond donors (Lipinski definition) is 0. The van der Waals surface area contributed by atoms with Crippen molar-refractivity contribution in [2.45, 2.75) is 39.1 Å². The fourth-order valence-corrected chi connectivity index (χ4v) is 3.31. The first-order valence-corrected chi connectivity index (χ1v) is 5.77. The molecule has 1 saturated heterocycles. The van der Waals surface area contributed by atoms with E-state index < -0.39 is 0 Å². The monoisotopic (exact) mass is 215 g/mol. The molecule has 14 heavy (non-hydrogen) atoms. The highest BCUT2D eigenvalue weighted by Gasteiger charge is 2.41. The minimum absolute atomic E-state index is 0.0236. The third kappa shape index (κ3) is 2.11. The van der Waals surface area contributed by atoms with Crippen molar-refractivity contribution in [3.63, 3.8) is 0 Å². The van der Waals surface area contributed by atoms with Gasteiger partial charge in [0.15, 0.2) is 5.78 Å². The zero-order valence-corrected chi connectivity index (χ0v) is 9.93. The predicted molar refractivity (Wildman–Crippen MR) is 58.1 cm³/mol. The molecule has 0 aliphatic carbocycles. The summed E-state index contributed by atoms with van der Waals surface area (Å²) < 4.78 is 0. The first kappa shape index (κ1) is 11.6. The summed E-state index contributed by atoms with van der Waals surface area (Å²) in [4.78, 5) is 23.9. The lowest BCUT2D eigenvalue weighted by atomic mass is 9.95. The Labute approximate surface area is 89.2 Å². The molecule has 1 amide bonds. The summed E-state index contributed by atoms with van der Waals surface area (Å²) in [5, 5.41) is 0.119. The van der Waals surface area contributed by atoms with Crippen LogP contribution in [0.4, 0.5) is 0 Å². The Balaban J connectivity index is 2.84. The van der Waals surface area contributed by atoms with Gasteiger partial charge in [-0.1, -0.05) is 20.8 Å². The van der Waals surface area contributed by atoms with Gasteiger partial charge in [-0.3, -0.25) is 9.59 Å². The summed E-state index contributed by atoms with van der Waals surface area (Å²) in [6.45, 7) is 7.81. The van der Waals surface area contributed by atoms with E-state index >= 15 is 0 Å². The Bertz CT molecular complexity index is 247. The van der Waals surface area contributed by atoms with Crippen molar-refractivity contribution in [2.75, 3.05) is 5.75 Å². The minimum atomic E-state index is -0.221. The van der Waals surface area contributed by atoms with Crippen molar-refractivity contribution in [3.8, 4) is 0 Å². The van der Waals surface area contributed by atoms with Gasteiger partial charge in [-0.2, -0.15) is 0 Å². The van der Waals surface area contributed by atoms with E-state index in [0.29, 0.717) is 0 Å². The second kappa shape index (κ2) is 3.93. The molecular weight excluding hydrogens is 198 g/mol. The van der Waals surface area contributed by atoms with Crippen molar-refractivity contribution < 1.29 is 9.59 Å². The Hall–Kier alpha value is -0.510. The van der Waals surface area contributed by atoms with E-state index in [1.165, 1.54) is 0 Å². The molecule has 1 aliphatic heterocycles. The van der Waals surface area contributed by atoms with Crippen LogP contribution in [-0.2, 0) is 9.59 Å². The van der Waals surface area contributed by atoms with Gasteiger partial charge in [0.25, 0.3) is 0 Å². The van der Waals surface area contributed by atoms with E-state index in [2.05, 4.69) is 20.8 Å². The Kier molecular flexibility index (Phi) is 3.24. The van der Waals surface area contributed by atoms with Crippen molar-refractivity contribution in [1.29, 1.82) is 0 Å². The molecule has 4 heteroatoms. The van der Waals surface area contributed by atoms with Gasteiger partial charge >= 0.3 is 0 Å². The molecule has 0 N–H and O–H groups in total. The van der Waals surface area contributed by atoms with Crippen LogP contribution >= 0.6 is 11.8 Å². The highest BCUT2D eigenvalue weighted by molar-refractivity contribution is 8.00. The minimum Gasteiger partial charge on any atom is -0.322 e. The molecule has 1 aliphatic rings. The van der Waals surface area contributed by atoms with E-state index in [9.17, 15) is 9.59 Å². The Morgan fingerprint density at radius 1 is 1.50 bits per heavy atom. The molecule has 3 nitrogen and oxygen atoms in total. The summed E-state index contributed by atoms with van der Waals surface area (Å²) in [6, 6.07) is -0.221. The van der Waals surface area contributed by atoms with Gasteiger partial charge in [0.2, 0.25) is 6.41 Å². The van der Waals surface area contributed by atoms with Crippen LogP contribution in [-0.4, -0.2) is 34.3 Å². The maximum atomic E-state index is 11.3. The van der Waals surface area contributed by atoms with Gasteiger partial charge in [0.05, 0.1) is 11.4 Å². The van der Waals surface area contributed by atoms with Crippen molar-refractivity contribution in [2.24, 2.45) is 5.41 Å². The fraction of sp³-hybridized carbons (Fsp3) is 0.800. The number of amides is 1. The number of carbonyl (C=O) groups excluding carboxylic acids is 2. The predicted octanol–water partition coefficient (Wildman–Crippen LogP) is 1.52. The highest BCUT2D eigenvalue weighted by atomic mass is 32.2. The lowest BCUT2D eigenvalue weighted by Gasteiger charge is -2.33. The van der Waals surface area contributed by atoms with Crippen LogP contribution < -0.4 is 0 Å². The second-order valence-electron chi connectivity index (χ2n) is 4.73. The smallest absolute Gasteiger partial charge is 0.211 e. The molecule has 0 aromatic heterocycles. The third-order valence-electron chi connectivity index (χ3n) is 2.37. The van der Waals surface area contributed by atoms with Crippen LogP contribution in [0, 0.1) is 5.41 Å². The molecule has 0 radical (unpaired) electrons. The number of hydrogen-bond acceptors (Lipinski definition) is 3. The zero-order chi connectivity index (χ0) is 10.9. The largest absolute Gasteiger partial charge is 0.322 e. The van der Waals surface area contributed by atoms with Gasteiger partial charge in [0.1, 0.15) is 0 Å². The normalized spacial score (nSPS) is 27.9. The standard InChI is InChI=1S/C10H17NO2S/c1-7(13)8-5-14-9(10(2,3)4)11(8)6-12/h6,8-9H,5H2,1-4H3/t8-,9?/m1/s1. The van der Waals surface area contributed by atoms with E-state index in [1.54, 1.807) is 23.6 Å². The summed E-state index contributed by atoms with van der Waals surface area (Å²) >= 11 is 1.69. The summed E-state index contributed by atoms with van der Waals surface area (Å²) in [6.07, 6.45) is 0.808. The number of carbonyl (C=O) groups is 2. The average Bonchev–Trinajstić information content (AvgIpc) is 2.45. The van der Waals surface area contributed by atoms with Gasteiger partial charge < -0.3 is 4.90 Å². The Morgan fingerprint density at radius 2 is 2.07 bits per heavy atom. The Morgan fingerprint density at radius 3 is 2.43 bits per heavy atom. The maximum Gasteiger partial charge on any atom is 0.211 e. The van der Waals surface area contributed by atoms with Gasteiger partial charge in [-0.25, -0.2) is 0 Å². The molecule has 0 saturated carbocycles. The van der Waals surface area contributed by atoms with E-state index in [4.69, 9.17) is 0 Å². The van der Waals surface area contributed by atoms with Crippen LogP contribution in [0.15, 0.2) is 0 Å². The first-order chi connectivity index (χ1) is 6.38. The maximum absolute atomic E-state index is 11.3. The third-order valence-corrected chi connectivity index (χ3v) is 4.15. The van der Waals surface area contributed by atoms with Crippen molar-refractivity contribution in [3.05, 3.63) is 0 Å².